The number of nitro benzene ring substituents is 1. The van der Waals surface area contributed by atoms with E-state index in [-0.39, 0.29) is 17.6 Å². The van der Waals surface area contributed by atoms with Crippen LogP contribution in [-0.4, -0.2) is 53.3 Å². The minimum atomic E-state index is -0.444. The van der Waals surface area contributed by atoms with Crippen molar-refractivity contribution >= 4 is 11.6 Å². The van der Waals surface area contributed by atoms with E-state index in [0.29, 0.717) is 36.5 Å². The van der Waals surface area contributed by atoms with Crippen LogP contribution in [0.3, 0.4) is 0 Å². The van der Waals surface area contributed by atoms with E-state index in [1.54, 1.807) is 31.3 Å². The zero-order valence-corrected chi connectivity index (χ0v) is 17.2. The molecule has 0 aliphatic carbocycles. The molecular weight excluding hydrogens is 400 g/mol. The van der Waals surface area contributed by atoms with Gasteiger partial charge in [0, 0.05) is 43.5 Å². The van der Waals surface area contributed by atoms with Crippen molar-refractivity contribution in [1.82, 2.24) is 15.1 Å². The van der Waals surface area contributed by atoms with Crippen LogP contribution >= 0.6 is 0 Å². The van der Waals surface area contributed by atoms with Crippen LogP contribution in [0.25, 0.3) is 11.3 Å². The van der Waals surface area contributed by atoms with E-state index >= 15 is 0 Å². The lowest BCUT2D eigenvalue weighted by Gasteiger charge is -2.26. The standard InChI is InChI=1S/C22H22N4O5/c1-30-13-3-12-25-21(15-6-10-17(31-2)11-7-15)18-19(23-24-20(18)22(25)27)14-4-8-16(9-5-14)26(28)29/h4-11,21H,3,12-13H2,1-2H3,(H,23,24). The number of benzene rings is 2. The number of nitrogens with one attached hydrogen (secondary N) is 1. The lowest BCUT2D eigenvalue weighted by Crippen LogP contribution is -2.31. The number of nitro groups is 1. The highest BCUT2D eigenvalue weighted by Gasteiger charge is 2.41. The SMILES string of the molecule is COCCCN1C(=O)c2[nH]nc(-c3ccc([N+](=O)[O-])cc3)c2C1c1ccc(OC)cc1. The van der Waals surface area contributed by atoms with Gasteiger partial charge in [-0.2, -0.15) is 5.10 Å². The van der Waals surface area contributed by atoms with Crippen molar-refractivity contribution in [2.24, 2.45) is 0 Å². The first kappa shape index (κ1) is 20.5. The van der Waals surface area contributed by atoms with Crippen LogP contribution in [0.15, 0.2) is 48.5 Å². The van der Waals surface area contributed by atoms with Crippen molar-refractivity contribution in [3.05, 3.63) is 75.5 Å². The topological polar surface area (TPSA) is 111 Å². The Kier molecular flexibility index (Phi) is 5.68. The highest BCUT2D eigenvalue weighted by Crippen LogP contribution is 2.43. The summed E-state index contributed by atoms with van der Waals surface area (Å²) in [5, 5.41) is 18.3. The number of hydrogen-bond donors (Lipinski definition) is 1. The number of methoxy groups -OCH3 is 2. The Hall–Kier alpha value is -3.72. The predicted molar refractivity (Wildman–Crippen MR) is 113 cm³/mol. The van der Waals surface area contributed by atoms with E-state index in [4.69, 9.17) is 9.47 Å². The highest BCUT2D eigenvalue weighted by atomic mass is 16.6. The maximum atomic E-state index is 13.2. The molecule has 1 atom stereocenters. The third-order valence-electron chi connectivity index (χ3n) is 5.39. The van der Waals surface area contributed by atoms with Gasteiger partial charge in [-0.3, -0.25) is 20.0 Å². The van der Waals surface area contributed by atoms with Gasteiger partial charge in [-0.05, 0) is 36.2 Å². The second-order valence-corrected chi connectivity index (χ2v) is 7.19. The largest absolute Gasteiger partial charge is 0.497 e. The summed E-state index contributed by atoms with van der Waals surface area (Å²) in [6, 6.07) is 13.4. The second-order valence-electron chi connectivity index (χ2n) is 7.19. The van der Waals surface area contributed by atoms with Crippen LogP contribution in [0.4, 0.5) is 5.69 Å². The van der Waals surface area contributed by atoms with Crippen LogP contribution in [0, 0.1) is 10.1 Å². The monoisotopic (exact) mass is 422 g/mol. The predicted octanol–water partition coefficient (Wildman–Crippen LogP) is 3.58. The molecule has 0 radical (unpaired) electrons. The number of non-ortho nitro benzene ring substituents is 1. The fraction of sp³-hybridized carbons (Fsp3) is 0.273. The van der Waals surface area contributed by atoms with Gasteiger partial charge in [-0.25, -0.2) is 0 Å². The summed E-state index contributed by atoms with van der Waals surface area (Å²) in [6.07, 6.45) is 0.694. The van der Waals surface area contributed by atoms with Crippen molar-refractivity contribution in [3.8, 4) is 17.0 Å². The molecule has 1 unspecified atom stereocenters. The molecule has 0 bridgehead atoms. The van der Waals surface area contributed by atoms with E-state index in [2.05, 4.69) is 10.2 Å². The number of carbonyl (C=O) groups is 1. The minimum Gasteiger partial charge on any atom is -0.497 e. The maximum Gasteiger partial charge on any atom is 0.273 e. The minimum absolute atomic E-state index is 0.0000888. The Morgan fingerprint density at radius 1 is 1.13 bits per heavy atom. The molecule has 1 aliphatic rings. The molecule has 0 fully saturated rings. The van der Waals surface area contributed by atoms with E-state index in [0.717, 1.165) is 16.9 Å². The maximum absolute atomic E-state index is 13.2. The van der Waals surface area contributed by atoms with Gasteiger partial charge in [0.1, 0.15) is 11.4 Å². The molecule has 31 heavy (non-hydrogen) atoms. The molecule has 9 heteroatoms. The van der Waals surface area contributed by atoms with Gasteiger partial charge in [0.25, 0.3) is 11.6 Å². The molecule has 3 aromatic rings. The van der Waals surface area contributed by atoms with Crippen LogP contribution in [0.5, 0.6) is 5.75 Å². The summed E-state index contributed by atoms with van der Waals surface area (Å²) in [5.41, 5.74) is 3.43. The summed E-state index contributed by atoms with van der Waals surface area (Å²) >= 11 is 0. The molecule has 1 amide bonds. The third-order valence-corrected chi connectivity index (χ3v) is 5.39. The quantitative estimate of drug-likeness (QED) is 0.337. The van der Waals surface area contributed by atoms with Gasteiger partial charge in [0.15, 0.2) is 0 Å². The molecule has 1 N–H and O–H groups in total. The molecule has 2 heterocycles. The number of fused-ring (bicyclic) bond motifs is 1. The zero-order valence-electron chi connectivity index (χ0n) is 17.2. The van der Waals surface area contributed by atoms with Crippen molar-refractivity contribution in [2.45, 2.75) is 12.5 Å². The van der Waals surface area contributed by atoms with Crippen LogP contribution in [0.2, 0.25) is 0 Å². The van der Waals surface area contributed by atoms with Gasteiger partial charge >= 0.3 is 0 Å². The van der Waals surface area contributed by atoms with Gasteiger partial charge < -0.3 is 14.4 Å². The summed E-state index contributed by atoms with van der Waals surface area (Å²) in [5.74, 6) is 0.592. The normalized spacial score (nSPS) is 15.2. The molecule has 160 valence electrons. The van der Waals surface area contributed by atoms with Gasteiger partial charge in [0.05, 0.1) is 23.8 Å². The van der Waals surface area contributed by atoms with Gasteiger partial charge in [0.2, 0.25) is 0 Å². The summed E-state index contributed by atoms with van der Waals surface area (Å²) < 4.78 is 10.4. The Morgan fingerprint density at radius 3 is 2.45 bits per heavy atom. The molecule has 1 aromatic heterocycles. The summed E-state index contributed by atoms with van der Waals surface area (Å²) in [4.78, 5) is 25.5. The number of carbonyl (C=O) groups excluding carboxylic acids is 1. The lowest BCUT2D eigenvalue weighted by atomic mass is 9.96. The molecule has 4 rings (SSSR count). The molecule has 2 aromatic carbocycles. The first-order valence-corrected chi connectivity index (χ1v) is 9.82. The van der Waals surface area contributed by atoms with Gasteiger partial charge in [-0.1, -0.05) is 12.1 Å². The Balaban J connectivity index is 1.78. The third kappa shape index (κ3) is 3.75. The van der Waals surface area contributed by atoms with Crippen LogP contribution in [0.1, 0.15) is 34.1 Å². The number of nitrogens with zero attached hydrogens (tertiary/aromatic N) is 3. The molecule has 0 spiro atoms. The second kappa shape index (κ2) is 8.57. The Bertz CT molecular complexity index is 1090. The van der Waals surface area contributed by atoms with Crippen molar-refractivity contribution < 1.29 is 19.2 Å². The number of amides is 1. The number of hydrogen-bond acceptors (Lipinski definition) is 6. The van der Waals surface area contributed by atoms with E-state index in [1.165, 1.54) is 12.1 Å². The number of aromatic amines is 1. The first-order chi connectivity index (χ1) is 15.0. The molecular formula is C22H22N4O5. The number of ether oxygens (including phenoxy) is 2. The average Bonchev–Trinajstić information content (AvgIpc) is 3.33. The zero-order chi connectivity index (χ0) is 22.0. The smallest absolute Gasteiger partial charge is 0.273 e. The van der Waals surface area contributed by atoms with Crippen molar-refractivity contribution in [1.29, 1.82) is 0 Å². The summed E-state index contributed by atoms with van der Waals surface area (Å²) in [6.45, 7) is 1.06. The van der Waals surface area contributed by atoms with Crippen LogP contribution in [-0.2, 0) is 4.74 Å². The number of rotatable bonds is 8. The van der Waals surface area contributed by atoms with Crippen LogP contribution < -0.4 is 4.74 Å². The number of H-pyrrole nitrogens is 1. The fourth-order valence-electron chi connectivity index (χ4n) is 3.90. The molecule has 9 nitrogen and oxygen atoms in total. The Labute approximate surface area is 178 Å². The first-order valence-electron chi connectivity index (χ1n) is 9.82. The molecule has 0 saturated carbocycles. The number of aromatic nitrogens is 2. The highest BCUT2D eigenvalue weighted by molar-refractivity contribution is 6.00. The Morgan fingerprint density at radius 2 is 1.84 bits per heavy atom. The molecule has 1 aliphatic heterocycles. The van der Waals surface area contributed by atoms with E-state index < -0.39 is 4.92 Å². The van der Waals surface area contributed by atoms with E-state index in [9.17, 15) is 14.9 Å². The molecule has 0 saturated heterocycles. The summed E-state index contributed by atoms with van der Waals surface area (Å²) in [7, 11) is 3.23. The average molecular weight is 422 g/mol. The lowest BCUT2D eigenvalue weighted by molar-refractivity contribution is -0.384. The van der Waals surface area contributed by atoms with Gasteiger partial charge in [-0.15, -0.1) is 0 Å². The van der Waals surface area contributed by atoms with E-state index in [1.807, 2.05) is 24.3 Å². The van der Waals surface area contributed by atoms with Crippen molar-refractivity contribution in [3.63, 3.8) is 0 Å². The van der Waals surface area contributed by atoms with Crippen molar-refractivity contribution in [2.75, 3.05) is 27.4 Å². The fourth-order valence-corrected chi connectivity index (χ4v) is 3.90.